The second-order valence-electron chi connectivity index (χ2n) is 10.3. The summed E-state index contributed by atoms with van der Waals surface area (Å²) < 4.78 is 5.51. The van der Waals surface area contributed by atoms with Gasteiger partial charge in [-0.3, -0.25) is 4.99 Å². The summed E-state index contributed by atoms with van der Waals surface area (Å²) in [6.45, 7) is 11.8. The van der Waals surface area contributed by atoms with Crippen LogP contribution in [0.15, 0.2) is 28.8 Å². The van der Waals surface area contributed by atoms with Gasteiger partial charge in [0.2, 0.25) is 0 Å². The highest BCUT2D eigenvalue weighted by Crippen LogP contribution is 2.36. The summed E-state index contributed by atoms with van der Waals surface area (Å²) in [4.78, 5) is 19.2. The lowest BCUT2D eigenvalue weighted by Gasteiger charge is -2.36. The molecule has 0 aromatic heterocycles. The lowest BCUT2D eigenvalue weighted by molar-refractivity contribution is 0.0180. The van der Waals surface area contributed by atoms with E-state index in [1.165, 1.54) is 12.0 Å². The van der Waals surface area contributed by atoms with E-state index in [0.717, 1.165) is 44.5 Å². The molecule has 2 unspecified atom stereocenters. The Morgan fingerprint density at radius 3 is 2.50 bits per heavy atom. The lowest BCUT2D eigenvalue weighted by Crippen LogP contribution is -2.44. The third-order valence-electron chi connectivity index (χ3n) is 6.09. The third kappa shape index (κ3) is 5.25. The zero-order valence-corrected chi connectivity index (χ0v) is 18.2. The molecule has 1 amide bonds. The summed E-state index contributed by atoms with van der Waals surface area (Å²) in [5, 5.41) is 0. The Labute approximate surface area is 170 Å². The molecule has 0 bridgehead atoms. The molecule has 5 heteroatoms. The Balaban J connectivity index is 1.62. The van der Waals surface area contributed by atoms with E-state index in [1.54, 1.807) is 0 Å². The maximum absolute atomic E-state index is 12.3. The van der Waals surface area contributed by atoms with Crippen LogP contribution in [0, 0.1) is 11.3 Å². The van der Waals surface area contributed by atoms with Crippen LogP contribution in [0.1, 0.15) is 66.7 Å². The number of amides is 1. The fourth-order valence-corrected chi connectivity index (χ4v) is 4.23. The second kappa shape index (κ2) is 8.02. The molecule has 3 rings (SSSR count). The molecule has 5 nitrogen and oxygen atoms in total. The molecule has 2 aliphatic heterocycles. The summed E-state index contributed by atoms with van der Waals surface area (Å²) in [5.41, 5.74) is 8.72. The molecule has 1 aliphatic carbocycles. The fraction of sp³-hybridized carbons (Fsp3) is 0.739. The first-order valence-corrected chi connectivity index (χ1v) is 10.7. The van der Waals surface area contributed by atoms with Crippen molar-refractivity contribution in [3.8, 4) is 0 Å². The van der Waals surface area contributed by atoms with Crippen molar-refractivity contribution in [1.29, 1.82) is 0 Å². The number of carbonyl (C=O) groups excluding carboxylic acids is 1. The molecule has 2 heterocycles. The maximum Gasteiger partial charge on any atom is 0.410 e. The van der Waals surface area contributed by atoms with Crippen LogP contribution in [0.3, 0.4) is 0 Å². The molecule has 0 radical (unpaired) electrons. The zero-order valence-electron chi connectivity index (χ0n) is 18.2. The third-order valence-corrected chi connectivity index (χ3v) is 6.09. The van der Waals surface area contributed by atoms with E-state index in [1.807, 2.05) is 25.7 Å². The van der Waals surface area contributed by atoms with Crippen molar-refractivity contribution in [2.75, 3.05) is 13.1 Å². The van der Waals surface area contributed by atoms with Crippen LogP contribution in [-0.4, -0.2) is 47.5 Å². The van der Waals surface area contributed by atoms with Crippen LogP contribution in [0.4, 0.5) is 4.79 Å². The highest BCUT2D eigenvalue weighted by atomic mass is 16.6. The first-order valence-electron chi connectivity index (χ1n) is 10.7. The summed E-state index contributed by atoms with van der Waals surface area (Å²) >= 11 is 0. The van der Waals surface area contributed by atoms with Gasteiger partial charge in [-0.2, -0.15) is 0 Å². The Morgan fingerprint density at radius 2 is 1.93 bits per heavy atom. The number of likely N-dealkylation sites (tertiary alicyclic amines) is 1. The number of hydrogen-bond donors (Lipinski definition) is 1. The highest BCUT2D eigenvalue weighted by molar-refractivity contribution is 6.05. The van der Waals surface area contributed by atoms with Crippen LogP contribution in [0.2, 0.25) is 0 Å². The van der Waals surface area contributed by atoms with Gasteiger partial charge in [-0.05, 0) is 69.8 Å². The Hall–Kier alpha value is -1.62. The zero-order chi connectivity index (χ0) is 20.5. The van der Waals surface area contributed by atoms with Gasteiger partial charge in [0.15, 0.2) is 0 Å². The summed E-state index contributed by atoms with van der Waals surface area (Å²) in [6.07, 6.45) is 11.7. The van der Waals surface area contributed by atoms with E-state index in [0.29, 0.717) is 11.3 Å². The molecule has 1 saturated heterocycles. The number of carbonyl (C=O) groups is 1. The van der Waals surface area contributed by atoms with Gasteiger partial charge in [-0.1, -0.05) is 32.1 Å². The minimum absolute atomic E-state index is 0.0921. The minimum Gasteiger partial charge on any atom is -0.444 e. The monoisotopic (exact) mass is 387 g/mol. The van der Waals surface area contributed by atoms with Crippen molar-refractivity contribution in [1.82, 2.24) is 4.90 Å². The molecular weight excluding hydrogens is 350 g/mol. The summed E-state index contributed by atoms with van der Waals surface area (Å²) in [7, 11) is 0. The highest BCUT2D eigenvalue weighted by Gasteiger charge is 2.32. The standard InChI is InChI=1S/C23H37N3O2/c1-22(2,3)28-21(27)26-14-10-16(11-15-26)19-7-6-18(24)20(25-19)17-8-12-23(4,5)13-9-17/h6-8,16,18-19H,9-15,24H2,1-5H3. The van der Waals surface area contributed by atoms with Crippen LogP contribution in [-0.2, 0) is 4.74 Å². The van der Waals surface area contributed by atoms with E-state index in [-0.39, 0.29) is 18.2 Å². The van der Waals surface area contributed by atoms with Gasteiger partial charge < -0.3 is 15.4 Å². The van der Waals surface area contributed by atoms with E-state index >= 15 is 0 Å². The van der Waals surface area contributed by atoms with Gasteiger partial charge in [-0.15, -0.1) is 0 Å². The molecule has 1 fully saturated rings. The Bertz CT molecular complexity index is 676. The molecule has 0 aromatic rings. The SMILES string of the molecule is CC1(C)CC=C(C2=NC(C3CCN(C(=O)OC(C)(C)C)CC3)C=CC2N)CC1. The van der Waals surface area contributed by atoms with Gasteiger partial charge in [0.25, 0.3) is 0 Å². The first-order chi connectivity index (χ1) is 13.0. The van der Waals surface area contributed by atoms with E-state index in [2.05, 4.69) is 32.1 Å². The largest absolute Gasteiger partial charge is 0.444 e. The quantitative estimate of drug-likeness (QED) is 0.711. The van der Waals surface area contributed by atoms with Crippen molar-refractivity contribution in [2.24, 2.45) is 22.1 Å². The molecular formula is C23H37N3O2. The van der Waals surface area contributed by atoms with Crippen LogP contribution in [0.25, 0.3) is 0 Å². The molecule has 0 saturated carbocycles. The maximum atomic E-state index is 12.3. The number of rotatable bonds is 2. The minimum atomic E-state index is -0.447. The van der Waals surface area contributed by atoms with Gasteiger partial charge in [0, 0.05) is 13.1 Å². The van der Waals surface area contributed by atoms with Gasteiger partial charge in [-0.25, -0.2) is 4.79 Å². The topological polar surface area (TPSA) is 67.9 Å². The van der Waals surface area contributed by atoms with Gasteiger partial charge in [0.1, 0.15) is 5.60 Å². The molecule has 2 N–H and O–H groups in total. The average molecular weight is 388 g/mol. The molecule has 3 aliphatic rings. The van der Waals surface area contributed by atoms with Crippen LogP contribution in [0.5, 0.6) is 0 Å². The predicted octanol–water partition coefficient (Wildman–Crippen LogP) is 4.48. The van der Waals surface area contributed by atoms with Crippen molar-refractivity contribution in [2.45, 2.75) is 84.4 Å². The second-order valence-corrected chi connectivity index (χ2v) is 10.3. The number of piperidine rings is 1. The van der Waals surface area contributed by atoms with Crippen molar-refractivity contribution in [3.05, 3.63) is 23.8 Å². The van der Waals surface area contributed by atoms with Crippen molar-refractivity contribution >= 4 is 11.8 Å². The van der Waals surface area contributed by atoms with Crippen LogP contribution >= 0.6 is 0 Å². The van der Waals surface area contributed by atoms with Gasteiger partial charge in [0.05, 0.1) is 17.8 Å². The number of dihydropyridines is 1. The Kier molecular flexibility index (Phi) is 6.04. The van der Waals surface area contributed by atoms with Gasteiger partial charge >= 0.3 is 6.09 Å². The molecule has 0 spiro atoms. The van der Waals surface area contributed by atoms with Crippen molar-refractivity contribution in [3.63, 3.8) is 0 Å². The number of allylic oxidation sites excluding steroid dienone is 1. The van der Waals surface area contributed by atoms with E-state index in [4.69, 9.17) is 15.5 Å². The van der Waals surface area contributed by atoms with Crippen molar-refractivity contribution < 1.29 is 9.53 Å². The number of nitrogens with two attached hydrogens (primary N) is 1. The number of aliphatic imine (C=N–C) groups is 1. The predicted molar refractivity (Wildman–Crippen MR) is 115 cm³/mol. The number of nitrogens with zero attached hydrogens (tertiary/aromatic N) is 2. The first kappa shape index (κ1) is 21.1. The number of ether oxygens (including phenoxy) is 1. The molecule has 0 aromatic carbocycles. The number of hydrogen-bond acceptors (Lipinski definition) is 4. The van der Waals surface area contributed by atoms with E-state index in [9.17, 15) is 4.79 Å². The average Bonchev–Trinajstić information content (AvgIpc) is 2.61. The fourth-order valence-electron chi connectivity index (χ4n) is 4.23. The lowest BCUT2D eigenvalue weighted by atomic mass is 9.76. The molecule has 156 valence electrons. The van der Waals surface area contributed by atoms with Crippen LogP contribution < -0.4 is 5.73 Å². The summed E-state index contributed by atoms with van der Waals surface area (Å²) in [6, 6.07) is 0.0805. The van der Waals surface area contributed by atoms with E-state index < -0.39 is 5.60 Å². The normalized spacial score (nSPS) is 28.6. The smallest absolute Gasteiger partial charge is 0.410 e. The Morgan fingerprint density at radius 1 is 1.25 bits per heavy atom. The molecule has 2 atom stereocenters. The molecule has 28 heavy (non-hydrogen) atoms. The summed E-state index contributed by atoms with van der Waals surface area (Å²) in [5.74, 6) is 0.457.